The number of aliphatic hydroxyl groups is 1. The van der Waals surface area contributed by atoms with E-state index in [4.69, 9.17) is 16.6 Å². The average molecular weight is 186 g/mol. The van der Waals surface area contributed by atoms with Gasteiger partial charge in [0.2, 0.25) is 17.8 Å². The molecule has 1 aromatic heterocycles. The first kappa shape index (κ1) is 9.42. The van der Waals surface area contributed by atoms with Gasteiger partial charge in [-0.1, -0.05) is 0 Å². The van der Waals surface area contributed by atoms with E-state index in [1.165, 1.54) is 0 Å². The van der Waals surface area contributed by atoms with Gasteiger partial charge >= 0.3 is 0 Å². The normalized spacial score (nSPS) is 9.92. The lowest BCUT2D eigenvalue weighted by molar-refractivity contribution is 0.00774. The van der Waals surface area contributed by atoms with Crippen molar-refractivity contribution in [1.29, 1.82) is 0 Å². The number of aromatic nitrogens is 3. The van der Waals surface area contributed by atoms with Gasteiger partial charge in [0.15, 0.2) is 0 Å². The minimum atomic E-state index is -0.386. The summed E-state index contributed by atoms with van der Waals surface area (Å²) in [6.45, 7) is -0.317. The van der Waals surface area contributed by atoms with Crippen LogP contribution in [0.2, 0.25) is 0 Å². The molecule has 0 aliphatic carbocycles. The van der Waals surface area contributed by atoms with E-state index in [1.54, 1.807) is 0 Å². The number of nitrogen functional groups attached to an aromatic ring is 2. The van der Waals surface area contributed by atoms with Gasteiger partial charge in [-0.3, -0.25) is 0 Å². The van der Waals surface area contributed by atoms with Crippen LogP contribution in [0.1, 0.15) is 0 Å². The molecule has 0 aliphatic rings. The molecule has 0 aliphatic heterocycles. The van der Waals surface area contributed by atoms with Crippen molar-refractivity contribution in [2.75, 3.05) is 30.3 Å². The Morgan fingerprint density at radius 2 is 1.85 bits per heavy atom. The van der Waals surface area contributed by atoms with Crippen LogP contribution in [0, 0.1) is 0 Å². The van der Waals surface area contributed by atoms with E-state index in [1.807, 2.05) is 0 Å². The van der Waals surface area contributed by atoms with Crippen molar-refractivity contribution in [3.63, 3.8) is 0 Å². The van der Waals surface area contributed by atoms with E-state index in [0.29, 0.717) is 0 Å². The Morgan fingerprint density at radius 1 is 1.23 bits per heavy atom. The number of nitrogens with one attached hydrogen (secondary N) is 1. The molecule has 0 unspecified atom stereocenters. The van der Waals surface area contributed by atoms with Gasteiger partial charge in [0.25, 0.3) is 0 Å². The highest BCUT2D eigenvalue weighted by molar-refractivity contribution is 5.36. The molecule has 0 amide bonds. The summed E-state index contributed by atoms with van der Waals surface area (Å²) < 4.78 is 4.58. The number of rotatable bonds is 4. The number of hydrogen-bond donors (Lipinski definition) is 4. The molecule has 0 saturated heterocycles. The highest BCUT2D eigenvalue weighted by Crippen LogP contribution is 2.02. The second kappa shape index (κ2) is 4.38. The Kier molecular flexibility index (Phi) is 3.17. The van der Waals surface area contributed by atoms with Gasteiger partial charge < -0.3 is 26.6 Å². The van der Waals surface area contributed by atoms with E-state index in [2.05, 4.69) is 25.0 Å². The molecule has 1 aromatic rings. The van der Waals surface area contributed by atoms with Crippen molar-refractivity contribution in [3.05, 3.63) is 0 Å². The second-order valence-corrected chi connectivity index (χ2v) is 2.03. The Hall–Kier alpha value is -1.67. The van der Waals surface area contributed by atoms with Crippen molar-refractivity contribution in [2.45, 2.75) is 0 Å². The number of hydrogen-bond acceptors (Lipinski definition) is 8. The second-order valence-electron chi connectivity index (χ2n) is 2.03. The van der Waals surface area contributed by atoms with E-state index >= 15 is 0 Å². The highest BCUT2D eigenvalue weighted by Gasteiger charge is 1.99. The monoisotopic (exact) mass is 186 g/mol. The first-order chi connectivity index (χ1) is 6.22. The zero-order chi connectivity index (χ0) is 9.68. The largest absolute Gasteiger partial charge is 0.371 e. The predicted octanol–water partition coefficient (Wildman–Crippen LogP) is -1.63. The molecule has 0 spiro atoms. The van der Waals surface area contributed by atoms with Crippen LogP contribution in [0.25, 0.3) is 0 Å². The highest BCUT2D eigenvalue weighted by atomic mass is 16.6. The third kappa shape index (κ3) is 3.05. The summed E-state index contributed by atoms with van der Waals surface area (Å²) in [6, 6.07) is 0. The van der Waals surface area contributed by atoms with Crippen molar-refractivity contribution >= 4 is 17.8 Å². The Labute approximate surface area is 74.0 Å². The van der Waals surface area contributed by atoms with Crippen LogP contribution >= 0.6 is 0 Å². The minimum Gasteiger partial charge on any atom is -0.371 e. The van der Waals surface area contributed by atoms with Gasteiger partial charge in [0, 0.05) is 0 Å². The van der Waals surface area contributed by atoms with E-state index in [0.717, 1.165) is 0 Å². The Balaban J connectivity index is 2.56. The smallest absolute Gasteiger partial charge is 0.231 e. The van der Waals surface area contributed by atoms with Crippen LogP contribution in [0.3, 0.4) is 0 Å². The maximum atomic E-state index is 8.29. The summed E-state index contributed by atoms with van der Waals surface area (Å²) in [5.74, 6) is 0.261. The molecule has 13 heavy (non-hydrogen) atoms. The SMILES string of the molecule is Nc1nc(N)nc(NCOCO)n1. The first-order valence-electron chi connectivity index (χ1n) is 3.42. The van der Waals surface area contributed by atoms with Crippen molar-refractivity contribution in [2.24, 2.45) is 0 Å². The molecule has 0 aromatic carbocycles. The molecule has 8 heteroatoms. The summed E-state index contributed by atoms with van der Waals surface area (Å²) >= 11 is 0. The Bertz CT molecular complexity index is 259. The summed E-state index contributed by atoms with van der Waals surface area (Å²) in [5, 5.41) is 10.9. The van der Waals surface area contributed by atoms with Crippen LogP contribution < -0.4 is 16.8 Å². The molecule has 0 atom stereocenters. The van der Waals surface area contributed by atoms with Gasteiger partial charge in [-0.05, 0) is 0 Å². The molecule has 0 saturated carbocycles. The molecule has 0 radical (unpaired) electrons. The fourth-order valence-electron chi connectivity index (χ4n) is 0.650. The third-order valence-electron chi connectivity index (χ3n) is 1.09. The van der Waals surface area contributed by atoms with Gasteiger partial charge in [0.1, 0.15) is 13.5 Å². The molecule has 0 fully saturated rings. The predicted molar refractivity (Wildman–Crippen MR) is 45.3 cm³/mol. The van der Waals surface area contributed by atoms with E-state index in [-0.39, 0.29) is 31.4 Å². The lowest BCUT2D eigenvalue weighted by Crippen LogP contribution is -2.12. The summed E-state index contributed by atoms with van der Waals surface area (Å²) in [7, 11) is 0. The van der Waals surface area contributed by atoms with E-state index < -0.39 is 0 Å². The fourth-order valence-corrected chi connectivity index (χ4v) is 0.650. The summed E-state index contributed by atoms with van der Waals surface area (Å²) in [6.07, 6.45) is 0. The lowest BCUT2D eigenvalue weighted by atomic mass is 10.8. The average Bonchev–Trinajstić information content (AvgIpc) is 2.03. The number of nitrogens with zero attached hydrogens (tertiary/aromatic N) is 3. The van der Waals surface area contributed by atoms with Crippen LogP contribution in [0.15, 0.2) is 0 Å². The topological polar surface area (TPSA) is 132 Å². The molecule has 0 bridgehead atoms. The maximum Gasteiger partial charge on any atom is 0.231 e. The standard InChI is InChI=1S/C5H10N6O2/c6-3-9-4(7)11-5(10-3)8-1-13-2-12/h12H,1-2H2,(H5,6,7,8,9,10,11). The number of nitrogens with two attached hydrogens (primary N) is 2. The van der Waals surface area contributed by atoms with Gasteiger partial charge in [0.05, 0.1) is 0 Å². The maximum absolute atomic E-state index is 8.29. The Morgan fingerprint density at radius 3 is 2.38 bits per heavy atom. The number of anilines is 3. The zero-order valence-electron chi connectivity index (χ0n) is 6.77. The summed E-state index contributed by atoms with van der Waals surface area (Å²) in [4.78, 5) is 11.0. The number of aliphatic hydroxyl groups excluding tert-OH is 1. The van der Waals surface area contributed by atoms with Crippen molar-refractivity contribution in [1.82, 2.24) is 15.0 Å². The quantitative estimate of drug-likeness (QED) is 0.325. The van der Waals surface area contributed by atoms with Crippen LogP contribution in [-0.2, 0) is 4.74 Å². The molecular formula is C5H10N6O2. The summed E-state index contributed by atoms with van der Waals surface area (Å²) in [5.41, 5.74) is 10.6. The van der Waals surface area contributed by atoms with Gasteiger partial charge in [-0.25, -0.2) is 0 Å². The molecule has 72 valence electrons. The van der Waals surface area contributed by atoms with Crippen molar-refractivity contribution < 1.29 is 9.84 Å². The first-order valence-corrected chi connectivity index (χ1v) is 3.42. The fraction of sp³-hybridized carbons (Fsp3) is 0.400. The minimum absolute atomic E-state index is 0.0269. The van der Waals surface area contributed by atoms with Gasteiger partial charge in [-0.2, -0.15) is 15.0 Å². The van der Waals surface area contributed by atoms with E-state index in [9.17, 15) is 0 Å². The lowest BCUT2D eigenvalue weighted by Gasteiger charge is -2.04. The van der Waals surface area contributed by atoms with Crippen LogP contribution in [0.4, 0.5) is 17.8 Å². The van der Waals surface area contributed by atoms with Crippen LogP contribution in [-0.4, -0.2) is 33.6 Å². The zero-order valence-corrected chi connectivity index (χ0v) is 6.77. The van der Waals surface area contributed by atoms with Crippen molar-refractivity contribution in [3.8, 4) is 0 Å². The van der Waals surface area contributed by atoms with Gasteiger partial charge in [-0.15, -0.1) is 0 Å². The number of ether oxygens (including phenoxy) is 1. The molecular weight excluding hydrogens is 176 g/mol. The molecule has 1 rings (SSSR count). The van der Waals surface area contributed by atoms with Crippen LogP contribution in [0.5, 0.6) is 0 Å². The third-order valence-corrected chi connectivity index (χ3v) is 1.09. The molecule has 8 nitrogen and oxygen atoms in total. The molecule has 1 heterocycles. The molecule has 6 N–H and O–H groups in total.